The van der Waals surface area contributed by atoms with E-state index < -0.39 is 17.7 Å². The van der Waals surface area contributed by atoms with E-state index in [0.29, 0.717) is 11.3 Å². The van der Waals surface area contributed by atoms with Gasteiger partial charge in [-0.25, -0.2) is 4.79 Å². The predicted octanol–water partition coefficient (Wildman–Crippen LogP) is 1.54. The molecular formula is C12H12O4S. The summed E-state index contributed by atoms with van der Waals surface area (Å²) in [6.07, 6.45) is 0.330. The molecule has 0 spiro atoms. The Morgan fingerprint density at radius 2 is 2.24 bits per heavy atom. The van der Waals surface area contributed by atoms with Crippen molar-refractivity contribution in [3.63, 3.8) is 0 Å². The lowest BCUT2D eigenvalue weighted by atomic mass is 10.0. The summed E-state index contributed by atoms with van der Waals surface area (Å²) in [5.41, 5.74) is 0.875. The minimum Gasteiger partial charge on any atom is -0.460 e. The van der Waals surface area contributed by atoms with Gasteiger partial charge in [0.25, 0.3) is 5.78 Å². The maximum atomic E-state index is 11.9. The van der Waals surface area contributed by atoms with Crippen molar-refractivity contribution >= 4 is 28.9 Å². The standard InChI is InChI=1S/C12H12O4S/c1-3-16-12(15)10(14)8-5-7-4-6(2)17-11(7)9(8)13/h4,8H,3,5H2,1-2H3. The van der Waals surface area contributed by atoms with E-state index in [0.717, 1.165) is 10.4 Å². The van der Waals surface area contributed by atoms with E-state index in [9.17, 15) is 14.4 Å². The summed E-state index contributed by atoms with van der Waals surface area (Å²) in [7, 11) is 0. The van der Waals surface area contributed by atoms with Crippen molar-refractivity contribution in [3.05, 3.63) is 21.4 Å². The fourth-order valence-corrected chi connectivity index (χ4v) is 2.99. The second-order valence-electron chi connectivity index (χ2n) is 3.92. The number of rotatable bonds is 3. The molecule has 0 bridgehead atoms. The van der Waals surface area contributed by atoms with E-state index in [-0.39, 0.29) is 12.4 Å². The number of hydrogen-bond donors (Lipinski definition) is 0. The fraction of sp³-hybridized carbons (Fsp3) is 0.417. The maximum absolute atomic E-state index is 11.9. The molecule has 0 saturated heterocycles. The van der Waals surface area contributed by atoms with Crippen LogP contribution in [-0.2, 0) is 20.7 Å². The number of ketones is 2. The summed E-state index contributed by atoms with van der Waals surface area (Å²) < 4.78 is 4.63. The van der Waals surface area contributed by atoms with Gasteiger partial charge in [-0.15, -0.1) is 11.3 Å². The van der Waals surface area contributed by atoms with Crippen LogP contribution in [0.5, 0.6) is 0 Å². The third-order valence-corrected chi connectivity index (χ3v) is 3.80. The Hall–Kier alpha value is -1.49. The Labute approximate surface area is 103 Å². The SMILES string of the molecule is CCOC(=O)C(=O)C1Cc2cc(C)sc2C1=O. The predicted molar refractivity (Wildman–Crippen MR) is 62.2 cm³/mol. The van der Waals surface area contributed by atoms with Gasteiger partial charge in [0, 0.05) is 4.88 Å². The van der Waals surface area contributed by atoms with Crippen LogP contribution in [0, 0.1) is 12.8 Å². The zero-order chi connectivity index (χ0) is 12.6. The van der Waals surface area contributed by atoms with E-state index in [4.69, 9.17) is 0 Å². The molecule has 0 aliphatic heterocycles. The van der Waals surface area contributed by atoms with Crippen LogP contribution in [-0.4, -0.2) is 24.1 Å². The lowest BCUT2D eigenvalue weighted by Gasteiger charge is -2.05. The molecule has 90 valence electrons. The second-order valence-corrected chi connectivity index (χ2v) is 5.17. The van der Waals surface area contributed by atoms with E-state index in [1.165, 1.54) is 11.3 Å². The van der Waals surface area contributed by atoms with Gasteiger partial charge in [0.2, 0.25) is 0 Å². The van der Waals surface area contributed by atoms with Crippen LogP contribution in [0.1, 0.15) is 27.0 Å². The van der Waals surface area contributed by atoms with Crippen LogP contribution in [0.2, 0.25) is 0 Å². The minimum atomic E-state index is -0.905. The lowest BCUT2D eigenvalue weighted by Crippen LogP contribution is -2.29. The van der Waals surface area contributed by atoms with Gasteiger partial charge in [0.05, 0.1) is 17.4 Å². The van der Waals surface area contributed by atoms with Gasteiger partial charge in [-0.1, -0.05) is 0 Å². The smallest absolute Gasteiger partial charge is 0.375 e. The zero-order valence-corrected chi connectivity index (χ0v) is 10.4. The molecule has 1 aliphatic rings. The first kappa shape index (κ1) is 12.0. The van der Waals surface area contributed by atoms with Crippen molar-refractivity contribution in [2.45, 2.75) is 20.3 Å². The summed E-state index contributed by atoms with van der Waals surface area (Å²) in [5, 5.41) is 0. The molecule has 0 amide bonds. The third-order valence-electron chi connectivity index (χ3n) is 2.69. The molecule has 1 aromatic heterocycles. The van der Waals surface area contributed by atoms with E-state index in [2.05, 4.69) is 4.74 Å². The number of hydrogen-bond acceptors (Lipinski definition) is 5. The Balaban J connectivity index is 2.17. The van der Waals surface area contributed by atoms with Gasteiger partial charge in [0.1, 0.15) is 0 Å². The molecule has 0 N–H and O–H groups in total. The Morgan fingerprint density at radius 3 is 2.82 bits per heavy atom. The molecule has 0 radical (unpaired) electrons. The molecule has 5 heteroatoms. The van der Waals surface area contributed by atoms with E-state index in [1.807, 2.05) is 13.0 Å². The van der Waals surface area contributed by atoms with Crippen LogP contribution in [0.4, 0.5) is 0 Å². The Bertz CT molecular complexity index is 501. The average molecular weight is 252 g/mol. The second kappa shape index (κ2) is 4.41. The highest BCUT2D eigenvalue weighted by Gasteiger charge is 2.40. The van der Waals surface area contributed by atoms with Gasteiger partial charge >= 0.3 is 5.97 Å². The van der Waals surface area contributed by atoms with Crippen molar-refractivity contribution in [2.75, 3.05) is 6.61 Å². The van der Waals surface area contributed by atoms with Crippen molar-refractivity contribution in [3.8, 4) is 0 Å². The number of esters is 1. The highest BCUT2D eigenvalue weighted by molar-refractivity contribution is 7.14. The number of carbonyl (C=O) groups is 3. The van der Waals surface area contributed by atoms with Gasteiger partial charge in [-0.05, 0) is 31.9 Å². The maximum Gasteiger partial charge on any atom is 0.375 e. The molecule has 1 atom stereocenters. The van der Waals surface area contributed by atoms with Crippen LogP contribution in [0.15, 0.2) is 6.07 Å². The lowest BCUT2D eigenvalue weighted by molar-refractivity contribution is -0.154. The first-order valence-electron chi connectivity index (χ1n) is 5.39. The highest BCUT2D eigenvalue weighted by atomic mass is 32.1. The molecule has 0 aromatic carbocycles. The first-order chi connectivity index (χ1) is 8.04. The quantitative estimate of drug-likeness (QED) is 0.465. The number of fused-ring (bicyclic) bond motifs is 1. The summed E-state index contributed by atoms with van der Waals surface area (Å²) in [6.45, 7) is 3.69. The monoisotopic (exact) mass is 252 g/mol. The van der Waals surface area contributed by atoms with E-state index >= 15 is 0 Å². The number of thiophene rings is 1. The summed E-state index contributed by atoms with van der Waals surface area (Å²) in [4.78, 5) is 36.6. The summed E-state index contributed by atoms with van der Waals surface area (Å²) >= 11 is 1.38. The van der Waals surface area contributed by atoms with Gasteiger partial charge in [-0.2, -0.15) is 0 Å². The van der Waals surface area contributed by atoms with Crippen molar-refractivity contribution in [1.29, 1.82) is 0 Å². The van der Waals surface area contributed by atoms with Crippen LogP contribution < -0.4 is 0 Å². The Kier molecular flexibility index (Phi) is 3.11. The molecule has 0 saturated carbocycles. The molecule has 4 nitrogen and oxygen atoms in total. The Morgan fingerprint density at radius 1 is 1.53 bits per heavy atom. The normalized spacial score (nSPS) is 18.0. The molecule has 1 unspecified atom stereocenters. The van der Waals surface area contributed by atoms with Gasteiger partial charge in [0.15, 0.2) is 5.78 Å². The number of ether oxygens (including phenoxy) is 1. The zero-order valence-electron chi connectivity index (χ0n) is 9.61. The molecule has 0 fully saturated rings. The number of aryl methyl sites for hydroxylation is 1. The third kappa shape index (κ3) is 2.02. The molecule has 1 aromatic rings. The van der Waals surface area contributed by atoms with Gasteiger partial charge in [-0.3, -0.25) is 9.59 Å². The minimum absolute atomic E-state index is 0.145. The fourth-order valence-electron chi connectivity index (χ4n) is 1.95. The molecule has 17 heavy (non-hydrogen) atoms. The molecular weight excluding hydrogens is 240 g/mol. The number of carbonyl (C=O) groups excluding carboxylic acids is 3. The number of Topliss-reactive ketones (excluding diaryl/α,β-unsaturated/α-hetero) is 2. The van der Waals surface area contributed by atoms with Crippen molar-refractivity contribution in [2.24, 2.45) is 5.92 Å². The largest absolute Gasteiger partial charge is 0.460 e. The first-order valence-corrected chi connectivity index (χ1v) is 6.20. The van der Waals surface area contributed by atoms with Crippen LogP contribution in [0.3, 0.4) is 0 Å². The molecule has 1 aliphatic carbocycles. The van der Waals surface area contributed by atoms with Crippen LogP contribution >= 0.6 is 11.3 Å². The molecule has 1 heterocycles. The summed E-state index contributed by atoms with van der Waals surface area (Å²) in [6, 6.07) is 1.90. The van der Waals surface area contributed by atoms with Crippen molar-refractivity contribution in [1.82, 2.24) is 0 Å². The van der Waals surface area contributed by atoms with E-state index in [1.54, 1.807) is 6.92 Å². The summed E-state index contributed by atoms with van der Waals surface area (Å²) in [5.74, 6) is -2.73. The molecule has 2 rings (SSSR count). The van der Waals surface area contributed by atoms with Crippen molar-refractivity contribution < 1.29 is 19.1 Å². The average Bonchev–Trinajstić information content (AvgIpc) is 2.77. The van der Waals surface area contributed by atoms with Gasteiger partial charge < -0.3 is 4.74 Å². The topological polar surface area (TPSA) is 60.4 Å². The van der Waals surface area contributed by atoms with Crippen LogP contribution in [0.25, 0.3) is 0 Å². The highest BCUT2D eigenvalue weighted by Crippen LogP contribution is 2.34.